The van der Waals surface area contributed by atoms with E-state index < -0.39 is 0 Å². The maximum Gasteiger partial charge on any atom is 0.161 e. The molecule has 21 heavy (non-hydrogen) atoms. The Morgan fingerprint density at radius 3 is 2.43 bits per heavy atom. The Balaban J connectivity index is 2.36. The van der Waals surface area contributed by atoms with E-state index in [1.807, 2.05) is 32.3 Å². The van der Waals surface area contributed by atoms with Gasteiger partial charge in [0.2, 0.25) is 0 Å². The van der Waals surface area contributed by atoms with Crippen molar-refractivity contribution >= 4 is 0 Å². The Bertz CT molecular complexity index is 411. The number of ether oxygens (including phenoxy) is 3. The number of hydrogen-bond acceptors (Lipinski definition) is 5. The summed E-state index contributed by atoms with van der Waals surface area (Å²) in [7, 11) is 7.38. The summed E-state index contributed by atoms with van der Waals surface area (Å²) in [6.07, 6.45) is 0. The molecule has 1 unspecified atom stereocenters. The number of methoxy groups -OCH3 is 2. The maximum absolute atomic E-state index is 5.56. The van der Waals surface area contributed by atoms with E-state index in [-0.39, 0.29) is 6.04 Å². The van der Waals surface area contributed by atoms with E-state index >= 15 is 0 Å². The van der Waals surface area contributed by atoms with Gasteiger partial charge in [-0.1, -0.05) is 6.07 Å². The van der Waals surface area contributed by atoms with Crippen LogP contribution in [0.5, 0.6) is 11.5 Å². The average molecular weight is 296 g/mol. The molecule has 1 aromatic carbocycles. The van der Waals surface area contributed by atoms with Crippen LogP contribution in [-0.2, 0) is 4.74 Å². The molecule has 0 amide bonds. The molecule has 1 N–H and O–H groups in total. The van der Waals surface area contributed by atoms with Gasteiger partial charge in [0.1, 0.15) is 0 Å². The first-order valence-corrected chi connectivity index (χ1v) is 7.26. The van der Waals surface area contributed by atoms with Gasteiger partial charge in [-0.2, -0.15) is 0 Å². The van der Waals surface area contributed by atoms with Crippen molar-refractivity contribution in [3.8, 4) is 11.5 Å². The van der Waals surface area contributed by atoms with Gasteiger partial charge in [0.05, 0.1) is 27.4 Å². The van der Waals surface area contributed by atoms with Crippen molar-refractivity contribution in [2.75, 3.05) is 54.6 Å². The van der Waals surface area contributed by atoms with Crippen molar-refractivity contribution in [3.05, 3.63) is 23.8 Å². The van der Waals surface area contributed by atoms with Gasteiger partial charge in [0, 0.05) is 19.1 Å². The minimum Gasteiger partial charge on any atom is -0.493 e. The van der Waals surface area contributed by atoms with Crippen LogP contribution >= 0.6 is 0 Å². The predicted molar refractivity (Wildman–Crippen MR) is 85.3 cm³/mol. The summed E-state index contributed by atoms with van der Waals surface area (Å²) in [6.45, 7) is 5.38. The summed E-state index contributed by atoms with van der Waals surface area (Å²) in [6, 6.07) is 6.22. The molecule has 1 aromatic rings. The molecule has 0 aliphatic carbocycles. The SMILES string of the molecule is COc1ccc(C(C)NCCOCCN(C)C)cc1OC. The molecule has 0 fully saturated rings. The number of rotatable bonds is 10. The summed E-state index contributed by atoms with van der Waals surface area (Å²) < 4.78 is 16.1. The lowest BCUT2D eigenvalue weighted by atomic mass is 10.1. The zero-order chi connectivity index (χ0) is 15.7. The summed E-state index contributed by atoms with van der Waals surface area (Å²) >= 11 is 0. The second-order valence-corrected chi connectivity index (χ2v) is 5.21. The molecule has 0 saturated heterocycles. The zero-order valence-corrected chi connectivity index (χ0v) is 13.8. The van der Waals surface area contributed by atoms with E-state index in [1.54, 1.807) is 14.2 Å². The van der Waals surface area contributed by atoms with Crippen LogP contribution in [0, 0.1) is 0 Å². The van der Waals surface area contributed by atoms with Gasteiger partial charge in [-0.25, -0.2) is 0 Å². The fourth-order valence-electron chi connectivity index (χ4n) is 1.94. The van der Waals surface area contributed by atoms with E-state index in [4.69, 9.17) is 14.2 Å². The van der Waals surface area contributed by atoms with Crippen LogP contribution in [0.2, 0.25) is 0 Å². The Kier molecular flexibility index (Phi) is 8.12. The van der Waals surface area contributed by atoms with Gasteiger partial charge in [-0.15, -0.1) is 0 Å². The molecule has 1 rings (SSSR count). The fourth-order valence-corrected chi connectivity index (χ4v) is 1.94. The third kappa shape index (κ3) is 6.33. The number of benzene rings is 1. The van der Waals surface area contributed by atoms with Crippen molar-refractivity contribution in [3.63, 3.8) is 0 Å². The van der Waals surface area contributed by atoms with Gasteiger partial charge in [0.15, 0.2) is 11.5 Å². The molecule has 0 aromatic heterocycles. The lowest BCUT2D eigenvalue weighted by molar-refractivity contribution is 0.118. The highest BCUT2D eigenvalue weighted by Gasteiger charge is 2.09. The van der Waals surface area contributed by atoms with Gasteiger partial charge in [-0.3, -0.25) is 0 Å². The van der Waals surface area contributed by atoms with Crippen LogP contribution in [0.15, 0.2) is 18.2 Å². The maximum atomic E-state index is 5.56. The van der Waals surface area contributed by atoms with E-state index in [1.165, 1.54) is 5.56 Å². The van der Waals surface area contributed by atoms with Crippen molar-refractivity contribution in [2.24, 2.45) is 0 Å². The molecular weight excluding hydrogens is 268 g/mol. The molecule has 0 bridgehead atoms. The smallest absolute Gasteiger partial charge is 0.161 e. The minimum absolute atomic E-state index is 0.238. The van der Waals surface area contributed by atoms with E-state index in [9.17, 15) is 0 Å². The largest absolute Gasteiger partial charge is 0.493 e. The molecule has 0 aliphatic rings. The monoisotopic (exact) mass is 296 g/mol. The third-order valence-corrected chi connectivity index (χ3v) is 3.29. The summed E-state index contributed by atoms with van der Waals surface area (Å²) in [5, 5.41) is 3.44. The normalized spacial score (nSPS) is 12.5. The average Bonchev–Trinajstić information content (AvgIpc) is 2.49. The molecule has 0 heterocycles. The van der Waals surface area contributed by atoms with Crippen LogP contribution in [0.3, 0.4) is 0 Å². The number of nitrogens with one attached hydrogen (secondary N) is 1. The van der Waals surface area contributed by atoms with Crippen molar-refractivity contribution in [1.82, 2.24) is 10.2 Å². The van der Waals surface area contributed by atoms with E-state index in [0.717, 1.165) is 31.2 Å². The van der Waals surface area contributed by atoms with Crippen molar-refractivity contribution in [2.45, 2.75) is 13.0 Å². The van der Waals surface area contributed by atoms with Gasteiger partial charge < -0.3 is 24.4 Å². The topological polar surface area (TPSA) is 43.0 Å². The lowest BCUT2D eigenvalue weighted by Gasteiger charge is -2.17. The van der Waals surface area contributed by atoms with Crippen LogP contribution in [0.25, 0.3) is 0 Å². The molecule has 5 heteroatoms. The standard InChI is InChI=1S/C16H28N2O3/c1-13(17-8-10-21-11-9-18(2)3)14-6-7-15(19-4)16(12-14)20-5/h6-7,12-13,17H,8-11H2,1-5H3. The first-order chi connectivity index (χ1) is 10.1. The minimum atomic E-state index is 0.238. The highest BCUT2D eigenvalue weighted by Crippen LogP contribution is 2.29. The Morgan fingerprint density at radius 1 is 1.10 bits per heavy atom. The molecule has 0 saturated carbocycles. The zero-order valence-electron chi connectivity index (χ0n) is 13.8. The Hall–Kier alpha value is -1.30. The lowest BCUT2D eigenvalue weighted by Crippen LogP contribution is -2.25. The molecule has 1 atom stereocenters. The second-order valence-electron chi connectivity index (χ2n) is 5.21. The number of hydrogen-bond donors (Lipinski definition) is 1. The third-order valence-electron chi connectivity index (χ3n) is 3.29. The first-order valence-electron chi connectivity index (χ1n) is 7.26. The molecule has 0 aliphatic heterocycles. The second kappa shape index (κ2) is 9.60. The van der Waals surface area contributed by atoms with E-state index in [2.05, 4.69) is 17.1 Å². The molecule has 0 spiro atoms. The number of nitrogens with zero attached hydrogens (tertiary/aromatic N) is 1. The fraction of sp³-hybridized carbons (Fsp3) is 0.625. The Morgan fingerprint density at radius 2 is 1.81 bits per heavy atom. The van der Waals surface area contributed by atoms with Gasteiger partial charge in [0.25, 0.3) is 0 Å². The highest BCUT2D eigenvalue weighted by molar-refractivity contribution is 5.43. The summed E-state index contributed by atoms with van der Waals surface area (Å²) in [5.74, 6) is 1.51. The first kappa shape index (κ1) is 17.8. The van der Waals surface area contributed by atoms with Crippen LogP contribution in [0.1, 0.15) is 18.5 Å². The Labute approximate surface area is 128 Å². The summed E-state index contributed by atoms with van der Waals surface area (Å²) in [5.41, 5.74) is 1.17. The predicted octanol–water partition coefficient (Wildman–Crippen LogP) is 1.93. The summed E-state index contributed by atoms with van der Waals surface area (Å²) in [4.78, 5) is 2.11. The van der Waals surface area contributed by atoms with Crippen LogP contribution in [-0.4, -0.2) is 59.5 Å². The van der Waals surface area contributed by atoms with Gasteiger partial charge >= 0.3 is 0 Å². The van der Waals surface area contributed by atoms with Crippen molar-refractivity contribution < 1.29 is 14.2 Å². The van der Waals surface area contributed by atoms with Crippen molar-refractivity contribution in [1.29, 1.82) is 0 Å². The highest BCUT2D eigenvalue weighted by atomic mass is 16.5. The van der Waals surface area contributed by atoms with E-state index in [0.29, 0.717) is 6.61 Å². The number of likely N-dealkylation sites (N-methyl/N-ethyl adjacent to an activating group) is 1. The quantitative estimate of drug-likeness (QED) is 0.668. The van der Waals surface area contributed by atoms with Crippen LogP contribution < -0.4 is 14.8 Å². The molecule has 5 nitrogen and oxygen atoms in total. The van der Waals surface area contributed by atoms with Crippen LogP contribution in [0.4, 0.5) is 0 Å². The molecule has 120 valence electrons. The molecule has 0 radical (unpaired) electrons. The molecular formula is C16H28N2O3. The van der Waals surface area contributed by atoms with Gasteiger partial charge in [-0.05, 0) is 38.7 Å².